The Morgan fingerprint density at radius 1 is 1.24 bits per heavy atom. The van der Waals surface area contributed by atoms with Crippen molar-refractivity contribution < 1.29 is 9.53 Å². The van der Waals surface area contributed by atoms with Crippen LogP contribution in [-0.2, 0) is 9.53 Å². The van der Waals surface area contributed by atoms with Crippen molar-refractivity contribution in [3.8, 4) is 0 Å². The Labute approximate surface area is 105 Å². The number of nitrogens with one attached hydrogen (secondary N) is 2. The van der Waals surface area contributed by atoms with Crippen LogP contribution >= 0.6 is 0 Å². The van der Waals surface area contributed by atoms with Crippen LogP contribution in [0.3, 0.4) is 0 Å². The lowest BCUT2D eigenvalue weighted by molar-refractivity contribution is -0.121. The summed E-state index contributed by atoms with van der Waals surface area (Å²) in [5.41, 5.74) is 0. The van der Waals surface area contributed by atoms with Crippen molar-refractivity contribution in [3.63, 3.8) is 0 Å². The van der Waals surface area contributed by atoms with Gasteiger partial charge in [-0.25, -0.2) is 0 Å². The molecule has 0 aliphatic heterocycles. The minimum Gasteiger partial charge on any atom is -0.383 e. The van der Waals surface area contributed by atoms with E-state index in [4.69, 9.17) is 4.74 Å². The lowest BCUT2D eigenvalue weighted by Crippen LogP contribution is -2.45. The van der Waals surface area contributed by atoms with E-state index < -0.39 is 0 Å². The first-order valence-electron chi connectivity index (χ1n) is 6.56. The van der Waals surface area contributed by atoms with E-state index in [1.165, 1.54) is 0 Å². The van der Waals surface area contributed by atoms with Crippen LogP contribution in [0.2, 0.25) is 0 Å². The van der Waals surface area contributed by atoms with Gasteiger partial charge in [0.05, 0.1) is 13.2 Å². The maximum absolute atomic E-state index is 11.7. The molecule has 0 aliphatic rings. The first-order chi connectivity index (χ1) is 8.04. The number of carbonyl (C=O) groups excluding carboxylic acids is 1. The highest BCUT2D eigenvalue weighted by Gasteiger charge is 2.14. The topological polar surface area (TPSA) is 50.4 Å². The van der Waals surface area contributed by atoms with E-state index in [1.54, 1.807) is 7.11 Å². The second kappa shape index (κ2) is 9.42. The summed E-state index contributed by atoms with van der Waals surface area (Å²) in [7, 11) is 1.68. The molecule has 0 bridgehead atoms. The molecule has 0 spiro atoms. The van der Waals surface area contributed by atoms with Gasteiger partial charge in [0.2, 0.25) is 5.91 Å². The lowest BCUT2D eigenvalue weighted by atomic mass is 10.1. The average Bonchev–Trinajstić information content (AvgIpc) is 2.30. The molecule has 0 radical (unpaired) electrons. The van der Waals surface area contributed by atoms with Crippen molar-refractivity contribution >= 4 is 5.91 Å². The molecule has 1 amide bonds. The Bertz CT molecular complexity index is 204. The SMILES string of the molecule is CCC(CC)NC(=O)CNC(COC)C(C)C. The monoisotopic (exact) mass is 244 g/mol. The Balaban J connectivity index is 3.95. The van der Waals surface area contributed by atoms with Gasteiger partial charge in [-0.2, -0.15) is 0 Å². The molecule has 0 aromatic carbocycles. The summed E-state index contributed by atoms with van der Waals surface area (Å²) in [6.07, 6.45) is 1.96. The molecule has 0 heterocycles. The molecule has 1 unspecified atom stereocenters. The summed E-state index contributed by atoms with van der Waals surface area (Å²) in [4.78, 5) is 11.7. The smallest absolute Gasteiger partial charge is 0.234 e. The molecule has 17 heavy (non-hydrogen) atoms. The lowest BCUT2D eigenvalue weighted by Gasteiger charge is -2.22. The summed E-state index contributed by atoms with van der Waals surface area (Å²) < 4.78 is 5.13. The van der Waals surface area contributed by atoms with Crippen molar-refractivity contribution in [2.45, 2.75) is 52.6 Å². The number of amides is 1. The fourth-order valence-electron chi connectivity index (χ4n) is 1.66. The number of methoxy groups -OCH3 is 1. The zero-order chi connectivity index (χ0) is 13.3. The third-order valence-electron chi connectivity index (χ3n) is 3.03. The van der Waals surface area contributed by atoms with E-state index in [-0.39, 0.29) is 11.9 Å². The summed E-state index contributed by atoms with van der Waals surface area (Å²) >= 11 is 0. The Kier molecular flexibility index (Phi) is 9.09. The zero-order valence-corrected chi connectivity index (χ0v) is 11.9. The first-order valence-corrected chi connectivity index (χ1v) is 6.56. The van der Waals surface area contributed by atoms with E-state index in [1.807, 2.05) is 0 Å². The van der Waals surface area contributed by atoms with Crippen molar-refractivity contribution in [2.75, 3.05) is 20.3 Å². The molecular formula is C13H28N2O2. The number of hydrogen-bond acceptors (Lipinski definition) is 3. The summed E-state index contributed by atoms with van der Waals surface area (Å²) in [5, 5.41) is 6.25. The van der Waals surface area contributed by atoms with Crippen LogP contribution in [0.1, 0.15) is 40.5 Å². The molecule has 2 N–H and O–H groups in total. The molecule has 0 saturated carbocycles. The van der Waals surface area contributed by atoms with Crippen LogP contribution in [0.5, 0.6) is 0 Å². The van der Waals surface area contributed by atoms with E-state index in [0.717, 1.165) is 12.8 Å². The Morgan fingerprint density at radius 3 is 2.24 bits per heavy atom. The van der Waals surface area contributed by atoms with Gasteiger partial charge in [0.15, 0.2) is 0 Å². The average molecular weight is 244 g/mol. The van der Waals surface area contributed by atoms with Crippen LogP contribution in [0, 0.1) is 5.92 Å². The van der Waals surface area contributed by atoms with Crippen molar-refractivity contribution in [1.29, 1.82) is 0 Å². The van der Waals surface area contributed by atoms with Gasteiger partial charge in [0.1, 0.15) is 0 Å². The van der Waals surface area contributed by atoms with Crippen LogP contribution in [0.25, 0.3) is 0 Å². The second-order valence-corrected chi connectivity index (χ2v) is 4.77. The molecule has 4 nitrogen and oxygen atoms in total. The van der Waals surface area contributed by atoms with Crippen LogP contribution < -0.4 is 10.6 Å². The van der Waals surface area contributed by atoms with E-state index >= 15 is 0 Å². The highest BCUT2D eigenvalue weighted by molar-refractivity contribution is 5.78. The predicted octanol–water partition coefficient (Wildman–Crippen LogP) is 1.55. The quantitative estimate of drug-likeness (QED) is 0.647. The van der Waals surface area contributed by atoms with Gasteiger partial charge in [-0.1, -0.05) is 27.7 Å². The normalized spacial score (nSPS) is 13.1. The van der Waals surface area contributed by atoms with Gasteiger partial charge in [-0.15, -0.1) is 0 Å². The van der Waals surface area contributed by atoms with Gasteiger partial charge in [0.25, 0.3) is 0 Å². The first kappa shape index (κ1) is 16.4. The minimum atomic E-state index is 0.0699. The van der Waals surface area contributed by atoms with Crippen molar-refractivity contribution in [2.24, 2.45) is 5.92 Å². The molecule has 0 aromatic heterocycles. The molecule has 0 aromatic rings. The molecule has 102 valence electrons. The third-order valence-corrected chi connectivity index (χ3v) is 3.03. The molecule has 0 rings (SSSR count). The summed E-state index contributed by atoms with van der Waals surface area (Å²) in [6.45, 7) is 9.41. The Hall–Kier alpha value is -0.610. The van der Waals surface area contributed by atoms with Crippen LogP contribution in [0.15, 0.2) is 0 Å². The van der Waals surface area contributed by atoms with Crippen LogP contribution in [-0.4, -0.2) is 38.3 Å². The number of carbonyl (C=O) groups is 1. The second-order valence-electron chi connectivity index (χ2n) is 4.77. The number of hydrogen-bond donors (Lipinski definition) is 2. The summed E-state index contributed by atoms with van der Waals surface area (Å²) in [6, 6.07) is 0.525. The van der Waals surface area contributed by atoms with Crippen LogP contribution in [0.4, 0.5) is 0 Å². The van der Waals surface area contributed by atoms with E-state index in [0.29, 0.717) is 25.1 Å². The largest absolute Gasteiger partial charge is 0.383 e. The van der Waals surface area contributed by atoms with Gasteiger partial charge in [-0.05, 0) is 18.8 Å². The maximum Gasteiger partial charge on any atom is 0.234 e. The maximum atomic E-state index is 11.7. The fourth-order valence-corrected chi connectivity index (χ4v) is 1.66. The van der Waals surface area contributed by atoms with Crippen molar-refractivity contribution in [3.05, 3.63) is 0 Å². The molecular weight excluding hydrogens is 216 g/mol. The number of ether oxygens (including phenoxy) is 1. The molecule has 0 aliphatic carbocycles. The molecule has 0 saturated heterocycles. The van der Waals surface area contributed by atoms with Gasteiger partial charge in [0, 0.05) is 19.2 Å². The molecule has 1 atom stereocenters. The molecule has 0 fully saturated rings. The zero-order valence-electron chi connectivity index (χ0n) is 11.9. The van der Waals surface area contributed by atoms with E-state index in [9.17, 15) is 4.79 Å². The summed E-state index contributed by atoms with van der Waals surface area (Å²) in [5.74, 6) is 0.524. The van der Waals surface area contributed by atoms with Gasteiger partial charge < -0.3 is 15.4 Å². The standard InChI is InChI=1S/C13H28N2O2/c1-6-11(7-2)15-13(16)8-14-12(9-17-5)10(3)4/h10-12,14H,6-9H2,1-5H3,(H,15,16). The van der Waals surface area contributed by atoms with E-state index in [2.05, 4.69) is 38.3 Å². The minimum absolute atomic E-state index is 0.0699. The van der Waals surface area contributed by atoms with Crippen molar-refractivity contribution in [1.82, 2.24) is 10.6 Å². The fraction of sp³-hybridized carbons (Fsp3) is 0.923. The Morgan fingerprint density at radius 2 is 1.82 bits per heavy atom. The third kappa shape index (κ3) is 7.34. The van der Waals surface area contributed by atoms with Gasteiger partial charge >= 0.3 is 0 Å². The molecule has 4 heteroatoms. The predicted molar refractivity (Wildman–Crippen MR) is 71.0 cm³/mol. The van der Waals surface area contributed by atoms with Gasteiger partial charge in [-0.3, -0.25) is 4.79 Å². The number of rotatable bonds is 9. The highest BCUT2D eigenvalue weighted by atomic mass is 16.5. The highest BCUT2D eigenvalue weighted by Crippen LogP contribution is 2.01.